The number of ether oxygens (including phenoxy) is 4. The second kappa shape index (κ2) is 17.4. The van der Waals surface area contributed by atoms with Crippen molar-refractivity contribution in [2.75, 3.05) is 52.8 Å². The Bertz CT molecular complexity index is 1120. The Kier molecular flexibility index (Phi) is 14.6. The van der Waals surface area contributed by atoms with Gasteiger partial charge in [0.05, 0.1) is 35.9 Å². The predicted octanol–water partition coefficient (Wildman–Crippen LogP) is 3.78. The molecule has 2 aliphatic rings. The molecule has 3 heterocycles. The van der Waals surface area contributed by atoms with Crippen LogP contribution in [0.5, 0.6) is 0 Å². The van der Waals surface area contributed by atoms with Gasteiger partial charge in [-0.1, -0.05) is 20.8 Å². The first-order valence-corrected chi connectivity index (χ1v) is 17.3. The number of esters is 1. The Labute approximate surface area is 282 Å². The number of nitrogens with one attached hydrogen (secondary N) is 1. The van der Waals surface area contributed by atoms with Crippen LogP contribution in [0.1, 0.15) is 80.6 Å². The maximum Gasteiger partial charge on any atom is 0.319 e. The van der Waals surface area contributed by atoms with E-state index in [9.17, 15) is 14.7 Å². The van der Waals surface area contributed by atoms with Crippen molar-refractivity contribution in [3.05, 3.63) is 18.7 Å². The summed E-state index contributed by atoms with van der Waals surface area (Å²) in [4.78, 5) is 40.5. The number of aliphatic hydroxyl groups is 1. The number of likely N-dealkylation sites (N-methyl/N-ethyl adjacent to an activating group) is 1. The highest BCUT2D eigenvalue weighted by atomic mass is 16.7. The average molecular weight is 664 g/mol. The van der Waals surface area contributed by atoms with Gasteiger partial charge in [-0.2, -0.15) is 0 Å². The molecule has 0 aliphatic carbocycles. The summed E-state index contributed by atoms with van der Waals surface area (Å²) in [5.74, 6) is -1.49. The van der Waals surface area contributed by atoms with Gasteiger partial charge in [0.1, 0.15) is 24.5 Å². The van der Waals surface area contributed by atoms with E-state index < -0.39 is 41.4 Å². The maximum atomic E-state index is 14.3. The van der Waals surface area contributed by atoms with Crippen LogP contribution in [0.2, 0.25) is 0 Å². The first-order chi connectivity index (χ1) is 22.1. The number of Topliss-reactive ketones (excluding diaryl/α,β-unsaturated/α-hetero) is 1. The molecule has 1 aromatic rings. The maximum absolute atomic E-state index is 14.3. The van der Waals surface area contributed by atoms with Gasteiger partial charge in [-0.05, 0) is 86.4 Å². The standard InChI is InChI=1S/C35H61N5O7/c1-11-15-40-20-23(2)17-35(7,44-10)31(47-32-29(41)28(39(8)9)16-24(3)46-32)25(4)30(42)34(5,6)33(43)45-21-27(40)13-12-14-38-26-18-36-22-37-19-26/h18-19,22-25,27-29,31-32,38,41H,11-17,20-21H2,1-10H3/t23-,24-,25+,27-,28+,29-,31-,32+,35-/m1/s1. The molecule has 0 radical (unpaired) electrons. The third-order valence-electron chi connectivity index (χ3n) is 9.96. The summed E-state index contributed by atoms with van der Waals surface area (Å²) in [6.07, 6.45) is 5.90. The summed E-state index contributed by atoms with van der Waals surface area (Å²) in [7, 11) is 5.49. The van der Waals surface area contributed by atoms with Crippen molar-refractivity contribution in [1.29, 1.82) is 0 Å². The van der Waals surface area contributed by atoms with Gasteiger partial charge in [0, 0.05) is 38.2 Å². The summed E-state index contributed by atoms with van der Waals surface area (Å²) in [6.45, 7) is 15.8. The lowest BCUT2D eigenvalue weighted by Crippen LogP contribution is -2.59. The molecule has 47 heavy (non-hydrogen) atoms. The quantitative estimate of drug-likeness (QED) is 0.203. The number of cyclic esters (lactones) is 1. The number of aromatic nitrogens is 2. The van der Waals surface area contributed by atoms with Crippen molar-refractivity contribution in [3.63, 3.8) is 0 Å². The summed E-state index contributed by atoms with van der Waals surface area (Å²) >= 11 is 0. The minimum Gasteiger partial charge on any atom is -0.463 e. The zero-order valence-electron chi connectivity index (χ0n) is 30.4. The number of aliphatic hydroxyl groups excluding tert-OH is 1. The van der Waals surface area contributed by atoms with Gasteiger partial charge in [-0.25, -0.2) is 9.97 Å². The number of carbonyl (C=O) groups is 2. The van der Waals surface area contributed by atoms with Crippen LogP contribution in [0.25, 0.3) is 0 Å². The Morgan fingerprint density at radius 3 is 2.45 bits per heavy atom. The first-order valence-electron chi connectivity index (χ1n) is 17.3. The van der Waals surface area contributed by atoms with Crippen molar-refractivity contribution < 1.29 is 33.6 Å². The largest absolute Gasteiger partial charge is 0.463 e. The van der Waals surface area contributed by atoms with Crippen LogP contribution in [0.3, 0.4) is 0 Å². The molecule has 2 aliphatic heterocycles. The number of hydrogen-bond acceptors (Lipinski definition) is 12. The number of nitrogens with zero attached hydrogens (tertiary/aromatic N) is 4. The molecular formula is C35H61N5O7. The fourth-order valence-corrected chi connectivity index (χ4v) is 7.26. The molecule has 0 bridgehead atoms. The lowest BCUT2D eigenvalue weighted by molar-refractivity contribution is -0.295. The van der Waals surface area contributed by atoms with E-state index in [1.54, 1.807) is 40.3 Å². The molecule has 9 atom stereocenters. The smallest absolute Gasteiger partial charge is 0.319 e. The molecule has 268 valence electrons. The molecule has 0 amide bonds. The van der Waals surface area contributed by atoms with Crippen molar-refractivity contribution in [2.45, 2.75) is 123 Å². The fraction of sp³-hybridized carbons (Fsp3) is 0.829. The Hall–Kier alpha value is -2.22. The van der Waals surface area contributed by atoms with Crippen LogP contribution >= 0.6 is 0 Å². The summed E-state index contributed by atoms with van der Waals surface area (Å²) in [5, 5.41) is 14.7. The fourth-order valence-electron chi connectivity index (χ4n) is 7.26. The SMILES string of the molecule is CCCN1C[C@H](C)C[C@@](C)(OC)[C@H](O[C@@H]2O[C@H](C)C[C@H](N(C)C)[C@H]2O)[C@@H](C)C(=O)C(C)(C)C(=O)OC[C@H]1CCCNc1cncnc1. The zero-order chi connectivity index (χ0) is 34.9. The minimum atomic E-state index is -1.43. The van der Waals surface area contributed by atoms with Crippen molar-refractivity contribution >= 4 is 17.4 Å². The molecule has 1 aromatic heterocycles. The minimum absolute atomic E-state index is 0.0321. The third kappa shape index (κ3) is 10.1. The van der Waals surface area contributed by atoms with E-state index >= 15 is 0 Å². The van der Waals surface area contributed by atoms with E-state index in [1.165, 1.54) is 6.33 Å². The number of rotatable bonds is 11. The second-order valence-electron chi connectivity index (χ2n) is 14.7. The topological polar surface area (TPSA) is 136 Å². The molecule has 0 unspecified atom stereocenters. The van der Waals surface area contributed by atoms with Crippen LogP contribution < -0.4 is 5.32 Å². The number of ketones is 1. The Morgan fingerprint density at radius 2 is 1.83 bits per heavy atom. The molecule has 2 saturated heterocycles. The number of carbonyl (C=O) groups excluding carboxylic acids is 2. The third-order valence-corrected chi connectivity index (χ3v) is 9.96. The van der Waals surface area contributed by atoms with E-state index in [0.717, 1.165) is 44.6 Å². The van der Waals surface area contributed by atoms with Gasteiger partial charge >= 0.3 is 5.97 Å². The molecule has 0 saturated carbocycles. The van der Waals surface area contributed by atoms with Gasteiger partial charge in [0.15, 0.2) is 12.1 Å². The van der Waals surface area contributed by atoms with Crippen LogP contribution in [0, 0.1) is 17.3 Å². The highest BCUT2D eigenvalue weighted by Crippen LogP contribution is 2.38. The predicted molar refractivity (Wildman–Crippen MR) is 181 cm³/mol. The summed E-state index contributed by atoms with van der Waals surface area (Å²) < 4.78 is 25.1. The number of hydrogen-bond donors (Lipinski definition) is 2. The lowest BCUT2D eigenvalue weighted by Gasteiger charge is -2.47. The molecule has 12 nitrogen and oxygen atoms in total. The van der Waals surface area contributed by atoms with E-state index in [0.29, 0.717) is 12.8 Å². The Morgan fingerprint density at radius 1 is 1.15 bits per heavy atom. The summed E-state index contributed by atoms with van der Waals surface area (Å²) in [5.41, 5.74) is -1.51. The molecule has 0 spiro atoms. The molecular weight excluding hydrogens is 602 g/mol. The van der Waals surface area contributed by atoms with Crippen molar-refractivity contribution in [2.24, 2.45) is 17.3 Å². The second-order valence-corrected chi connectivity index (χ2v) is 14.7. The Balaban J connectivity index is 1.93. The monoisotopic (exact) mass is 663 g/mol. The van der Waals surface area contributed by atoms with E-state index in [4.69, 9.17) is 18.9 Å². The van der Waals surface area contributed by atoms with E-state index in [2.05, 4.69) is 34.0 Å². The summed E-state index contributed by atoms with van der Waals surface area (Å²) in [6, 6.07) is -0.213. The molecule has 2 N–H and O–H groups in total. The van der Waals surface area contributed by atoms with Crippen LogP contribution in [-0.4, -0.2) is 126 Å². The van der Waals surface area contributed by atoms with Gasteiger partial charge in [-0.3, -0.25) is 14.5 Å². The molecule has 2 fully saturated rings. The van der Waals surface area contributed by atoms with E-state index in [-0.39, 0.29) is 36.5 Å². The number of methoxy groups -OCH3 is 1. The average Bonchev–Trinajstić information content (AvgIpc) is 3.03. The number of anilines is 1. The van der Waals surface area contributed by atoms with Crippen molar-refractivity contribution in [3.8, 4) is 0 Å². The van der Waals surface area contributed by atoms with Crippen LogP contribution in [0.4, 0.5) is 5.69 Å². The van der Waals surface area contributed by atoms with Gasteiger partial charge in [0.25, 0.3) is 0 Å². The van der Waals surface area contributed by atoms with Gasteiger partial charge < -0.3 is 34.3 Å². The van der Waals surface area contributed by atoms with E-state index in [1.807, 2.05) is 32.8 Å². The molecule has 0 aromatic carbocycles. The molecule has 3 rings (SSSR count). The first kappa shape index (κ1) is 39.2. The zero-order valence-corrected chi connectivity index (χ0v) is 30.4. The lowest BCUT2D eigenvalue weighted by atomic mass is 9.74. The van der Waals surface area contributed by atoms with Gasteiger partial charge in [-0.15, -0.1) is 0 Å². The normalized spacial score (nSPS) is 34.6. The van der Waals surface area contributed by atoms with Crippen molar-refractivity contribution in [1.82, 2.24) is 19.8 Å². The highest BCUT2D eigenvalue weighted by molar-refractivity contribution is 6.04. The molecule has 12 heteroatoms. The van der Waals surface area contributed by atoms with Crippen LogP contribution in [-0.2, 0) is 28.5 Å². The van der Waals surface area contributed by atoms with Gasteiger partial charge in [0.2, 0.25) is 0 Å². The van der Waals surface area contributed by atoms with Crippen LogP contribution in [0.15, 0.2) is 18.7 Å². The highest BCUT2D eigenvalue weighted by Gasteiger charge is 2.51.